The van der Waals surface area contributed by atoms with E-state index in [9.17, 15) is 4.39 Å². The first-order valence-electron chi connectivity index (χ1n) is 6.82. The minimum absolute atomic E-state index is 0.110. The van der Waals surface area contributed by atoms with Crippen molar-refractivity contribution in [1.29, 1.82) is 0 Å². The maximum Gasteiger partial charge on any atom is 0.123 e. The Morgan fingerprint density at radius 3 is 2.50 bits per heavy atom. The van der Waals surface area contributed by atoms with Gasteiger partial charge in [0.05, 0.1) is 0 Å². The second-order valence-corrected chi connectivity index (χ2v) is 6.91. The maximum absolute atomic E-state index is 13.4. The standard InChI is InChI=1S/C16H24FN/c1-12-9-16(10-12,11-18-15(2,3)4)13-6-5-7-14(17)8-13/h5-8,12,18H,9-11H2,1-4H3. The molecule has 1 aliphatic carbocycles. The molecule has 0 aliphatic heterocycles. The van der Waals surface area contributed by atoms with E-state index in [0.29, 0.717) is 0 Å². The minimum atomic E-state index is -0.123. The van der Waals surface area contributed by atoms with Gasteiger partial charge in [0, 0.05) is 17.5 Å². The van der Waals surface area contributed by atoms with Crippen molar-refractivity contribution in [2.45, 2.75) is 51.5 Å². The molecule has 0 unspecified atom stereocenters. The third-order valence-electron chi connectivity index (χ3n) is 3.87. The molecule has 2 heteroatoms. The second-order valence-electron chi connectivity index (χ2n) is 6.91. The summed E-state index contributed by atoms with van der Waals surface area (Å²) in [6.45, 7) is 9.73. The van der Waals surface area contributed by atoms with Crippen molar-refractivity contribution in [2.75, 3.05) is 6.54 Å². The first kappa shape index (κ1) is 13.5. The van der Waals surface area contributed by atoms with E-state index in [1.165, 1.54) is 6.07 Å². The zero-order valence-corrected chi connectivity index (χ0v) is 11.9. The predicted molar refractivity (Wildman–Crippen MR) is 74.2 cm³/mol. The highest BCUT2D eigenvalue weighted by atomic mass is 19.1. The van der Waals surface area contributed by atoms with Crippen LogP contribution < -0.4 is 5.32 Å². The lowest BCUT2D eigenvalue weighted by atomic mass is 9.59. The molecule has 1 saturated carbocycles. The highest BCUT2D eigenvalue weighted by molar-refractivity contribution is 5.30. The normalized spacial score (nSPS) is 27.9. The van der Waals surface area contributed by atoms with E-state index in [0.717, 1.165) is 30.9 Å². The molecular weight excluding hydrogens is 225 g/mol. The van der Waals surface area contributed by atoms with Crippen LogP contribution in [0.3, 0.4) is 0 Å². The molecule has 1 N–H and O–H groups in total. The molecule has 2 rings (SSSR count). The fraction of sp³-hybridized carbons (Fsp3) is 0.625. The molecule has 0 saturated heterocycles. The van der Waals surface area contributed by atoms with Crippen LogP contribution in [0, 0.1) is 11.7 Å². The number of hydrogen-bond acceptors (Lipinski definition) is 1. The topological polar surface area (TPSA) is 12.0 Å². The van der Waals surface area contributed by atoms with Crippen molar-refractivity contribution in [3.8, 4) is 0 Å². The zero-order chi connectivity index (χ0) is 13.4. The van der Waals surface area contributed by atoms with Gasteiger partial charge in [-0.05, 0) is 57.2 Å². The van der Waals surface area contributed by atoms with Gasteiger partial charge in [0.1, 0.15) is 5.82 Å². The van der Waals surface area contributed by atoms with E-state index >= 15 is 0 Å². The van der Waals surface area contributed by atoms with Crippen molar-refractivity contribution in [3.63, 3.8) is 0 Å². The summed E-state index contributed by atoms with van der Waals surface area (Å²) >= 11 is 0. The summed E-state index contributed by atoms with van der Waals surface area (Å²) in [5.41, 5.74) is 1.39. The van der Waals surface area contributed by atoms with Gasteiger partial charge in [-0.3, -0.25) is 0 Å². The van der Waals surface area contributed by atoms with Crippen LogP contribution in [0.4, 0.5) is 4.39 Å². The molecule has 100 valence electrons. The van der Waals surface area contributed by atoms with Crippen LogP contribution in [-0.4, -0.2) is 12.1 Å². The van der Waals surface area contributed by atoms with Crippen LogP contribution in [0.15, 0.2) is 24.3 Å². The summed E-state index contributed by atoms with van der Waals surface area (Å²) < 4.78 is 13.4. The van der Waals surface area contributed by atoms with Crippen molar-refractivity contribution >= 4 is 0 Å². The molecule has 0 heterocycles. The number of hydrogen-bond donors (Lipinski definition) is 1. The largest absolute Gasteiger partial charge is 0.311 e. The van der Waals surface area contributed by atoms with Gasteiger partial charge in [0.25, 0.3) is 0 Å². The molecule has 1 nitrogen and oxygen atoms in total. The van der Waals surface area contributed by atoms with Crippen LogP contribution in [0.25, 0.3) is 0 Å². The van der Waals surface area contributed by atoms with E-state index in [1.54, 1.807) is 6.07 Å². The van der Waals surface area contributed by atoms with Crippen LogP contribution in [0.2, 0.25) is 0 Å². The third-order valence-corrected chi connectivity index (χ3v) is 3.87. The van der Waals surface area contributed by atoms with E-state index < -0.39 is 0 Å². The number of benzene rings is 1. The summed E-state index contributed by atoms with van der Waals surface area (Å²) in [4.78, 5) is 0. The predicted octanol–water partition coefficient (Wildman–Crippen LogP) is 3.88. The first-order chi connectivity index (χ1) is 8.31. The van der Waals surface area contributed by atoms with Crippen molar-refractivity contribution in [3.05, 3.63) is 35.6 Å². The van der Waals surface area contributed by atoms with Gasteiger partial charge in [0.15, 0.2) is 0 Å². The molecule has 0 amide bonds. The van der Waals surface area contributed by atoms with Crippen LogP contribution in [0.1, 0.15) is 46.1 Å². The van der Waals surface area contributed by atoms with Gasteiger partial charge in [-0.1, -0.05) is 19.1 Å². The van der Waals surface area contributed by atoms with E-state index in [1.807, 2.05) is 6.07 Å². The average molecular weight is 249 g/mol. The van der Waals surface area contributed by atoms with Gasteiger partial charge in [0.2, 0.25) is 0 Å². The monoisotopic (exact) mass is 249 g/mol. The minimum Gasteiger partial charge on any atom is -0.311 e. The van der Waals surface area contributed by atoms with E-state index in [4.69, 9.17) is 0 Å². The summed E-state index contributed by atoms with van der Waals surface area (Å²) in [5.74, 6) is 0.622. The van der Waals surface area contributed by atoms with Crippen LogP contribution in [0.5, 0.6) is 0 Å². The van der Waals surface area contributed by atoms with Crippen LogP contribution >= 0.6 is 0 Å². The third kappa shape index (κ3) is 2.92. The molecule has 0 bridgehead atoms. The molecule has 0 spiro atoms. The Morgan fingerprint density at radius 2 is 2.00 bits per heavy atom. The maximum atomic E-state index is 13.4. The molecule has 0 aromatic heterocycles. The van der Waals surface area contributed by atoms with Gasteiger partial charge < -0.3 is 5.32 Å². The Labute approximate surface area is 110 Å². The Balaban J connectivity index is 2.17. The van der Waals surface area contributed by atoms with Gasteiger partial charge in [-0.15, -0.1) is 0 Å². The fourth-order valence-electron chi connectivity index (χ4n) is 3.01. The lowest BCUT2D eigenvalue weighted by Crippen LogP contribution is -2.52. The Kier molecular flexibility index (Phi) is 3.50. The molecule has 0 radical (unpaired) electrons. The average Bonchev–Trinajstić information content (AvgIpc) is 2.21. The summed E-state index contributed by atoms with van der Waals surface area (Å²) in [6, 6.07) is 7.12. The summed E-state index contributed by atoms with van der Waals surface area (Å²) in [6.07, 6.45) is 2.30. The van der Waals surface area contributed by atoms with Gasteiger partial charge in [-0.2, -0.15) is 0 Å². The van der Waals surface area contributed by atoms with Crippen molar-refractivity contribution < 1.29 is 4.39 Å². The SMILES string of the molecule is CC1CC(CNC(C)(C)C)(c2cccc(F)c2)C1. The molecule has 18 heavy (non-hydrogen) atoms. The second kappa shape index (κ2) is 4.65. The zero-order valence-electron chi connectivity index (χ0n) is 11.9. The van der Waals surface area contributed by atoms with Crippen molar-refractivity contribution in [2.24, 2.45) is 5.92 Å². The Bertz CT molecular complexity index is 413. The summed E-state index contributed by atoms with van der Waals surface area (Å²) in [7, 11) is 0. The molecule has 1 fully saturated rings. The lowest BCUT2D eigenvalue weighted by Gasteiger charge is -2.48. The van der Waals surface area contributed by atoms with Gasteiger partial charge in [-0.25, -0.2) is 4.39 Å². The van der Waals surface area contributed by atoms with E-state index in [-0.39, 0.29) is 16.8 Å². The van der Waals surface area contributed by atoms with E-state index in [2.05, 4.69) is 39.1 Å². The first-order valence-corrected chi connectivity index (χ1v) is 6.82. The quantitative estimate of drug-likeness (QED) is 0.857. The summed E-state index contributed by atoms with van der Waals surface area (Å²) in [5, 5.41) is 3.58. The molecule has 1 aromatic carbocycles. The molecule has 0 atom stereocenters. The lowest BCUT2D eigenvalue weighted by molar-refractivity contribution is 0.141. The van der Waals surface area contributed by atoms with Gasteiger partial charge >= 0.3 is 0 Å². The Hall–Kier alpha value is -0.890. The smallest absolute Gasteiger partial charge is 0.123 e. The highest BCUT2D eigenvalue weighted by Gasteiger charge is 2.43. The Morgan fingerprint density at radius 1 is 1.33 bits per heavy atom. The number of rotatable bonds is 3. The number of halogens is 1. The van der Waals surface area contributed by atoms with Crippen LogP contribution in [-0.2, 0) is 5.41 Å². The van der Waals surface area contributed by atoms with Crippen molar-refractivity contribution in [1.82, 2.24) is 5.32 Å². The molecule has 1 aliphatic rings. The fourth-order valence-corrected chi connectivity index (χ4v) is 3.01. The molecular formula is C16H24FN. The highest BCUT2D eigenvalue weighted by Crippen LogP contribution is 2.47. The molecule has 1 aromatic rings. The number of nitrogens with one attached hydrogen (secondary N) is 1.